The van der Waals surface area contributed by atoms with E-state index >= 15 is 0 Å². The van der Waals surface area contributed by atoms with E-state index in [-0.39, 0.29) is 11.6 Å². The first-order chi connectivity index (χ1) is 19.7. The maximum atomic E-state index is 12.1. The summed E-state index contributed by atoms with van der Waals surface area (Å²) in [5.41, 5.74) is 11.4. The lowest BCUT2D eigenvalue weighted by molar-refractivity contribution is 0.0827. The Morgan fingerprint density at radius 1 is 1.20 bits per heavy atom. The van der Waals surface area contributed by atoms with Crippen LogP contribution >= 0.6 is 0 Å². The third kappa shape index (κ3) is 10.6. The number of benzene rings is 1. The number of nitrogens with one attached hydrogen (secondary N) is 1. The molecular weight excluding hydrogens is 510 g/mol. The van der Waals surface area contributed by atoms with E-state index < -0.39 is 6.17 Å². The molecule has 0 radical (unpaired) electrons. The van der Waals surface area contributed by atoms with Crippen molar-refractivity contribution >= 4 is 17.8 Å². The predicted molar refractivity (Wildman–Crippen MR) is 173 cm³/mol. The topological polar surface area (TPSA) is 110 Å². The van der Waals surface area contributed by atoms with Crippen LogP contribution in [0.4, 0.5) is 0 Å². The molecule has 2 aliphatic rings. The highest BCUT2D eigenvalue weighted by Gasteiger charge is 2.21. The number of piperidine rings is 1. The highest BCUT2D eigenvalue weighted by atomic mass is 16.2. The SMILES string of the molecule is C=C(/C=C(\C)CN1CCC(c2ccc(C(=O)N(C)C)cc2)CC1)C(/C=C\NC)=C1/C=NC(N)C(C#N)=N1.CC.CC. The second-order valence-corrected chi connectivity index (χ2v) is 9.64. The molecule has 1 unspecified atom stereocenters. The van der Waals surface area contributed by atoms with E-state index in [1.165, 1.54) is 11.1 Å². The smallest absolute Gasteiger partial charge is 0.253 e. The van der Waals surface area contributed by atoms with E-state index in [4.69, 9.17) is 5.73 Å². The molecule has 2 aliphatic heterocycles. The number of nitrogens with zero attached hydrogens (tertiary/aromatic N) is 5. The molecule has 0 aromatic heterocycles. The zero-order valence-corrected chi connectivity index (χ0v) is 26.2. The van der Waals surface area contributed by atoms with Crippen molar-refractivity contribution in [1.82, 2.24) is 15.1 Å². The van der Waals surface area contributed by atoms with Crippen LogP contribution in [0.5, 0.6) is 0 Å². The van der Waals surface area contributed by atoms with Gasteiger partial charge in [0.1, 0.15) is 6.07 Å². The first kappa shape index (κ1) is 35.2. The minimum atomic E-state index is -0.727. The molecule has 2 heterocycles. The summed E-state index contributed by atoms with van der Waals surface area (Å²) in [6, 6.07) is 10.1. The second-order valence-electron chi connectivity index (χ2n) is 9.64. The number of allylic oxidation sites excluding steroid dienone is 5. The fraction of sp³-hybridized carbons (Fsp3) is 0.455. The minimum Gasteiger partial charge on any atom is -0.394 e. The van der Waals surface area contributed by atoms with Gasteiger partial charge in [-0.05, 0) is 74.3 Å². The molecule has 0 saturated carbocycles. The molecule has 1 aromatic carbocycles. The largest absolute Gasteiger partial charge is 0.394 e. The number of aliphatic imine (C=N–C) groups is 2. The van der Waals surface area contributed by atoms with Gasteiger partial charge < -0.3 is 16.0 Å². The quantitative estimate of drug-likeness (QED) is 0.412. The Bertz CT molecular complexity index is 1190. The zero-order valence-electron chi connectivity index (χ0n) is 26.2. The molecule has 41 heavy (non-hydrogen) atoms. The van der Waals surface area contributed by atoms with Crippen molar-refractivity contribution in [3.63, 3.8) is 0 Å². The van der Waals surface area contributed by atoms with E-state index in [2.05, 4.69) is 51.9 Å². The molecular formula is C33H49N7O. The highest BCUT2D eigenvalue weighted by Crippen LogP contribution is 2.29. The van der Waals surface area contributed by atoms with Crippen LogP contribution in [0.3, 0.4) is 0 Å². The summed E-state index contributed by atoms with van der Waals surface area (Å²) in [6.45, 7) is 17.2. The van der Waals surface area contributed by atoms with Gasteiger partial charge in [-0.25, -0.2) is 4.99 Å². The number of hydrogen-bond acceptors (Lipinski definition) is 7. The van der Waals surface area contributed by atoms with Gasteiger partial charge in [0.2, 0.25) is 0 Å². The Morgan fingerprint density at radius 2 is 1.80 bits per heavy atom. The fourth-order valence-corrected chi connectivity index (χ4v) is 4.54. The van der Waals surface area contributed by atoms with Gasteiger partial charge in [0.15, 0.2) is 11.9 Å². The summed E-state index contributed by atoms with van der Waals surface area (Å²) in [4.78, 5) is 24.8. The Morgan fingerprint density at radius 3 is 2.34 bits per heavy atom. The van der Waals surface area contributed by atoms with Crippen LogP contribution in [0.1, 0.15) is 69.3 Å². The van der Waals surface area contributed by atoms with Gasteiger partial charge in [0, 0.05) is 38.8 Å². The van der Waals surface area contributed by atoms with Gasteiger partial charge in [-0.3, -0.25) is 14.7 Å². The molecule has 1 fully saturated rings. The standard InChI is InChI=1S/C29H37N7O.2C2H6/c1-20(16-21(2)25(10-13-32-3)27-18-33-28(31)26(17-30)34-27)19-36-14-11-23(12-15-36)22-6-8-24(9-7-22)29(37)35(4)5;2*1-2/h6-10,13,16,18,23,28,32H,2,11-12,14-15,19,31H2,1,3-5H3;2*1-2H3/b13-10-,20-16+,27-25-;;. The molecule has 1 saturated heterocycles. The Labute approximate surface area is 247 Å². The van der Waals surface area contributed by atoms with Gasteiger partial charge in [-0.15, -0.1) is 0 Å². The van der Waals surface area contributed by atoms with E-state index in [1.807, 2.05) is 59.0 Å². The summed E-state index contributed by atoms with van der Waals surface area (Å²) in [5.74, 6) is 0.535. The average molecular weight is 560 g/mol. The van der Waals surface area contributed by atoms with Crippen molar-refractivity contribution in [2.75, 3.05) is 40.8 Å². The third-order valence-corrected chi connectivity index (χ3v) is 6.55. The molecule has 1 amide bonds. The van der Waals surface area contributed by atoms with Crippen molar-refractivity contribution in [1.29, 1.82) is 5.26 Å². The molecule has 3 rings (SSSR count). The number of likely N-dealkylation sites (tertiary alicyclic amines) is 1. The number of nitrogens with two attached hydrogens (primary N) is 1. The first-order valence-corrected chi connectivity index (χ1v) is 14.5. The van der Waals surface area contributed by atoms with Crippen LogP contribution < -0.4 is 11.1 Å². The summed E-state index contributed by atoms with van der Waals surface area (Å²) < 4.78 is 0. The monoisotopic (exact) mass is 559 g/mol. The molecule has 0 spiro atoms. The summed E-state index contributed by atoms with van der Waals surface area (Å²) in [7, 11) is 5.36. The van der Waals surface area contributed by atoms with Crippen molar-refractivity contribution < 1.29 is 4.79 Å². The average Bonchev–Trinajstić information content (AvgIpc) is 3.00. The van der Waals surface area contributed by atoms with E-state index in [0.29, 0.717) is 11.6 Å². The Balaban J connectivity index is 0.00000201. The molecule has 1 aromatic rings. The van der Waals surface area contributed by atoms with Gasteiger partial charge >= 0.3 is 0 Å². The third-order valence-electron chi connectivity index (χ3n) is 6.55. The normalized spacial score (nSPS) is 18.7. The van der Waals surface area contributed by atoms with Crippen molar-refractivity contribution in [2.24, 2.45) is 15.7 Å². The molecule has 1 atom stereocenters. The molecule has 3 N–H and O–H groups in total. The summed E-state index contributed by atoms with van der Waals surface area (Å²) >= 11 is 0. The second kappa shape index (κ2) is 18.5. The van der Waals surface area contributed by atoms with Crippen molar-refractivity contribution in [3.05, 3.63) is 82.7 Å². The Hall–Kier alpha value is -3.80. The number of rotatable bonds is 8. The molecule has 8 heteroatoms. The Kier molecular flexibility index (Phi) is 15.9. The zero-order chi connectivity index (χ0) is 30.9. The number of carbonyl (C=O) groups is 1. The van der Waals surface area contributed by atoms with Crippen molar-refractivity contribution in [2.45, 2.75) is 59.5 Å². The van der Waals surface area contributed by atoms with Crippen LogP contribution in [0.25, 0.3) is 0 Å². The van der Waals surface area contributed by atoms with Crippen LogP contribution in [0, 0.1) is 11.3 Å². The molecule has 8 nitrogen and oxygen atoms in total. The van der Waals surface area contributed by atoms with Gasteiger partial charge in [-0.1, -0.05) is 58.1 Å². The lowest BCUT2D eigenvalue weighted by Crippen LogP contribution is -2.34. The minimum absolute atomic E-state index is 0.0297. The van der Waals surface area contributed by atoms with E-state index in [9.17, 15) is 10.1 Å². The number of carbonyl (C=O) groups excluding carboxylic acids is 1. The fourth-order valence-electron chi connectivity index (χ4n) is 4.54. The molecule has 0 aliphatic carbocycles. The highest BCUT2D eigenvalue weighted by molar-refractivity contribution is 6.07. The van der Waals surface area contributed by atoms with Gasteiger partial charge in [0.25, 0.3) is 5.91 Å². The van der Waals surface area contributed by atoms with E-state index in [0.717, 1.165) is 49.2 Å². The van der Waals surface area contributed by atoms with Crippen LogP contribution in [-0.4, -0.2) is 74.6 Å². The maximum absolute atomic E-state index is 12.1. The number of nitriles is 1. The van der Waals surface area contributed by atoms with Crippen LogP contribution in [0.2, 0.25) is 0 Å². The van der Waals surface area contributed by atoms with Crippen molar-refractivity contribution in [3.8, 4) is 6.07 Å². The van der Waals surface area contributed by atoms with Crippen LogP contribution in [-0.2, 0) is 0 Å². The van der Waals surface area contributed by atoms with Gasteiger partial charge in [0.05, 0.1) is 11.9 Å². The first-order valence-electron chi connectivity index (χ1n) is 14.5. The maximum Gasteiger partial charge on any atom is 0.253 e. The van der Waals surface area contributed by atoms with Crippen LogP contribution in [0.15, 0.2) is 81.6 Å². The number of amides is 1. The predicted octanol–water partition coefficient (Wildman–Crippen LogP) is 5.44. The lowest BCUT2D eigenvalue weighted by Gasteiger charge is -2.32. The van der Waals surface area contributed by atoms with Gasteiger partial charge in [-0.2, -0.15) is 5.26 Å². The lowest BCUT2D eigenvalue weighted by atomic mass is 9.88. The van der Waals surface area contributed by atoms with E-state index in [1.54, 1.807) is 31.4 Å². The number of hydrogen-bond donors (Lipinski definition) is 2. The molecule has 222 valence electrons. The molecule has 0 bridgehead atoms. The summed E-state index contributed by atoms with van der Waals surface area (Å²) in [6.07, 6.45) is 8.78. The summed E-state index contributed by atoms with van der Waals surface area (Å²) in [5, 5.41) is 12.3.